The first-order chi connectivity index (χ1) is 17.9. The summed E-state index contributed by atoms with van der Waals surface area (Å²) in [4.78, 5) is 29.7. The van der Waals surface area contributed by atoms with Crippen LogP contribution in [0.5, 0.6) is 0 Å². The molecule has 10 heteroatoms. The molecule has 0 saturated heterocycles. The second-order valence-electron chi connectivity index (χ2n) is 9.31. The third-order valence-electron chi connectivity index (χ3n) is 6.80. The molecule has 0 bridgehead atoms. The molecule has 0 atom stereocenters. The number of carbonyl (C=O) groups excluding carboxylic acids is 1. The summed E-state index contributed by atoms with van der Waals surface area (Å²) in [5.41, 5.74) is 5.11. The number of nitrogens with one attached hydrogen (secondary N) is 2. The Labute approximate surface area is 208 Å². The number of aromatic amines is 1. The number of nitrogens with zero attached hydrogens (tertiary/aromatic N) is 5. The van der Waals surface area contributed by atoms with E-state index in [9.17, 15) is 13.6 Å². The zero-order valence-electron chi connectivity index (χ0n) is 19.3. The highest BCUT2D eigenvalue weighted by molar-refractivity contribution is 6.02. The summed E-state index contributed by atoms with van der Waals surface area (Å²) < 4.78 is 27.9. The summed E-state index contributed by atoms with van der Waals surface area (Å²) in [5, 5.41) is 8.76. The number of fused-ring (bicyclic) bond motifs is 3. The van der Waals surface area contributed by atoms with Gasteiger partial charge in [-0.15, -0.1) is 0 Å². The number of carbonyl (C=O) groups is 1. The second-order valence-corrected chi connectivity index (χ2v) is 9.31. The molecule has 2 N–H and O–H groups in total. The smallest absolute Gasteiger partial charge is 0.255 e. The van der Waals surface area contributed by atoms with E-state index in [1.807, 2.05) is 48.7 Å². The summed E-state index contributed by atoms with van der Waals surface area (Å²) in [6.07, 6.45) is 7.93. The van der Waals surface area contributed by atoms with E-state index in [4.69, 9.17) is 4.98 Å². The molecule has 0 spiro atoms. The number of benzene rings is 1. The minimum atomic E-state index is -2.70. The molecule has 0 aliphatic heterocycles. The number of H-pyrrole nitrogens is 1. The van der Waals surface area contributed by atoms with Gasteiger partial charge in [0.2, 0.25) is 0 Å². The van der Waals surface area contributed by atoms with Crippen molar-refractivity contribution in [2.45, 2.75) is 24.8 Å². The van der Waals surface area contributed by atoms with E-state index in [1.165, 1.54) is 6.20 Å². The van der Waals surface area contributed by atoms with E-state index in [0.29, 0.717) is 22.6 Å². The SMILES string of the molecule is O=C(NC1CC(F)(F)C1)c1cnn2ccc(-c3c[nH]c4nc(-c5ccc6ncccc6c5)ncc34)cc12. The van der Waals surface area contributed by atoms with Gasteiger partial charge in [-0.1, -0.05) is 6.07 Å². The molecule has 182 valence electrons. The Bertz CT molecular complexity index is 1830. The number of pyridine rings is 2. The molecule has 7 rings (SSSR count). The van der Waals surface area contributed by atoms with Crippen LogP contribution in [-0.4, -0.2) is 47.4 Å². The topological polar surface area (TPSA) is 101 Å². The standard InChI is InChI=1S/C27H19F2N7O/c28-27(29)10-18(11-27)34-26(37)21-14-33-36-7-5-15(9-23(21)36)19-12-32-25-20(19)13-31-24(35-25)17-3-4-22-16(8-17)2-1-6-30-22/h1-9,12-14,18H,10-11H2,(H,34,37)(H,31,32,35). The van der Waals surface area contributed by atoms with Gasteiger partial charge in [0, 0.05) is 65.6 Å². The molecular weight excluding hydrogens is 476 g/mol. The van der Waals surface area contributed by atoms with Gasteiger partial charge in [0.25, 0.3) is 11.8 Å². The van der Waals surface area contributed by atoms with Gasteiger partial charge in [-0.05, 0) is 42.0 Å². The maximum Gasteiger partial charge on any atom is 0.255 e. The van der Waals surface area contributed by atoms with Crippen LogP contribution in [-0.2, 0) is 0 Å². The van der Waals surface area contributed by atoms with Crippen molar-refractivity contribution >= 4 is 33.4 Å². The molecule has 0 unspecified atom stereocenters. The highest BCUT2D eigenvalue weighted by Gasteiger charge is 2.46. The number of rotatable bonds is 4. The van der Waals surface area contributed by atoms with E-state index < -0.39 is 17.9 Å². The Morgan fingerprint density at radius 2 is 1.97 bits per heavy atom. The third-order valence-corrected chi connectivity index (χ3v) is 6.80. The summed E-state index contributed by atoms with van der Waals surface area (Å²) in [7, 11) is 0. The molecule has 37 heavy (non-hydrogen) atoms. The van der Waals surface area contributed by atoms with Gasteiger partial charge in [0.15, 0.2) is 5.82 Å². The van der Waals surface area contributed by atoms with Crippen LogP contribution in [0, 0.1) is 0 Å². The van der Waals surface area contributed by atoms with Crippen molar-refractivity contribution in [2.75, 3.05) is 0 Å². The molecule has 1 aromatic carbocycles. The highest BCUT2D eigenvalue weighted by atomic mass is 19.3. The van der Waals surface area contributed by atoms with E-state index in [1.54, 1.807) is 23.1 Å². The van der Waals surface area contributed by atoms with Crippen LogP contribution >= 0.6 is 0 Å². The minimum absolute atomic E-state index is 0.334. The van der Waals surface area contributed by atoms with Crippen LogP contribution in [0.2, 0.25) is 0 Å². The van der Waals surface area contributed by atoms with E-state index in [-0.39, 0.29) is 12.8 Å². The number of aromatic nitrogens is 6. The molecule has 1 aliphatic carbocycles. The van der Waals surface area contributed by atoms with Crippen molar-refractivity contribution in [3.63, 3.8) is 0 Å². The zero-order chi connectivity index (χ0) is 25.1. The first-order valence-corrected chi connectivity index (χ1v) is 11.8. The Morgan fingerprint density at radius 3 is 2.84 bits per heavy atom. The van der Waals surface area contributed by atoms with Gasteiger partial charge in [0.05, 0.1) is 22.8 Å². The molecule has 6 aromatic rings. The first-order valence-electron chi connectivity index (χ1n) is 11.8. The number of hydrogen-bond acceptors (Lipinski definition) is 5. The molecular formula is C27H19F2N7O. The number of halogens is 2. The monoisotopic (exact) mass is 495 g/mol. The molecule has 1 saturated carbocycles. The van der Waals surface area contributed by atoms with Crippen LogP contribution in [0.4, 0.5) is 8.78 Å². The minimum Gasteiger partial charge on any atom is -0.349 e. The van der Waals surface area contributed by atoms with Crippen molar-refractivity contribution < 1.29 is 13.6 Å². The lowest BCUT2D eigenvalue weighted by Gasteiger charge is -2.35. The summed E-state index contributed by atoms with van der Waals surface area (Å²) in [5.74, 6) is -2.52. The van der Waals surface area contributed by atoms with Gasteiger partial charge in [-0.3, -0.25) is 9.78 Å². The Morgan fingerprint density at radius 1 is 1.08 bits per heavy atom. The second kappa shape index (κ2) is 7.89. The number of hydrogen-bond donors (Lipinski definition) is 2. The fourth-order valence-electron chi connectivity index (χ4n) is 4.85. The van der Waals surface area contributed by atoms with Crippen molar-refractivity contribution in [1.29, 1.82) is 0 Å². The van der Waals surface area contributed by atoms with Gasteiger partial charge in [0.1, 0.15) is 5.65 Å². The third kappa shape index (κ3) is 3.68. The average molecular weight is 495 g/mol. The molecule has 8 nitrogen and oxygen atoms in total. The fourth-order valence-corrected chi connectivity index (χ4v) is 4.85. The quantitative estimate of drug-likeness (QED) is 0.358. The normalized spacial score (nSPS) is 15.3. The summed E-state index contributed by atoms with van der Waals surface area (Å²) in [6, 6.07) is 13.0. The molecule has 1 aliphatic rings. The van der Waals surface area contributed by atoms with Crippen LogP contribution in [0.25, 0.3) is 50.0 Å². The molecule has 1 fully saturated rings. The number of amides is 1. The molecule has 5 aromatic heterocycles. The van der Waals surface area contributed by atoms with Gasteiger partial charge < -0.3 is 10.3 Å². The highest BCUT2D eigenvalue weighted by Crippen LogP contribution is 2.37. The summed E-state index contributed by atoms with van der Waals surface area (Å²) >= 11 is 0. The average Bonchev–Trinajstić information content (AvgIpc) is 3.51. The molecule has 1 amide bonds. The Kier molecular flexibility index (Phi) is 4.59. The van der Waals surface area contributed by atoms with E-state index in [2.05, 4.69) is 25.4 Å². The Hall–Kier alpha value is -4.73. The van der Waals surface area contributed by atoms with Gasteiger partial charge >= 0.3 is 0 Å². The van der Waals surface area contributed by atoms with Crippen molar-refractivity contribution in [3.05, 3.63) is 79.0 Å². The van der Waals surface area contributed by atoms with Gasteiger partial charge in [-0.25, -0.2) is 23.3 Å². The first kappa shape index (κ1) is 21.5. The van der Waals surface area contributed by atoms with Crippen LogP contribution < -0.4 is 5.32 Å². The lowest BCUT2D eigenvalue weighted by atomic mass is 9.88. The van der Waals surface area contributed by atoms with Crippen LogP contribution in [0.3, 0.4) is 0 Å². The number of alkyl halides is 2. The summed E-state index contributed by atoms with van der Waals surface area (Å²) in [6.45, 7) is 0. The van der Waals surface area contributed by atoms with Crippen molar-refractivity contribution in [1.82, 2.24) is 34.9 Å². The zero-order valence-corrected chi connectivity index (χ0v) is 19.3. The lowest BCUT2D eigenvalue weighted by Crippen LogP contribution is -2.50. The maximum atomic E-state index is 13.2. The Balaban J connectivity index is 1.21. The predicted molar refractivity (Wildman–Crippen MR) is 134 cm³/mol. The van der Waals surface area contributed by atoms with Crippen molar-refractivity contribution in [2.24, 2.45) is 0 Å². The largest absolute Gasteiger partial charge is 0.349 e. The fraction of sp³-hybridized carbons (Fsp3) is 0.148. The van der Waals surface area contributed by atoms with E-state index >= 15 is 0 Å². The molecule has 0 radical (unpaired) electrons. The lowest BCUT2D eigenvalue weighted by molar-refractivity contribution is -0.0901. The molecule has 5 heterocycles. The maximum absolute atomic E-state index is 13.2. The van der Waals surface area contributed by atoms with Gasteiger partial charge in [-0.2, -0.15) is 5.10 Å². The van der Waals surface area contributed by atoms with E-state index in [0.717, 1.165) is 33.0 Å². The van der Waals surface area contributed by atoms with Crippen molar-refractivity contribution in [3.8, 4) is 22.5 Å². The van der Waals surface area contributed by atoms with Crippen LogP contribution in [0.15, 0.2) is 73.4 Å². The predicted octanol–water partition coefficient (Wildman–Crippen LogP) is 5.02. The van der Waals surface area contributed by atoms with Crippen LogP contribution in [0.1, 0.15) is 23.2 Å².